The van der Waals surface area contributed by atoms with Gasteiger partial charge in [0.05, 0.1) is 10.4 Å². The lowest BCUT2D eigenvalue weighted by Gasteiger charge is -2.13. The summed E-state index contributed by atoms with van der Waals surface area (Å²) in [7, 11) is 0. The number of halogens is 1. The highest BCUT2D eigenvalue weighted by Crippen LogP contribution is 2.28. The number of thiophene rings is 1. The zero-order chi connectivity index (χ0) is 14.1. The van der Waals surface area contributed by atoms with Gasteiger partial charge >= 0.3 is 0 Å². The number of fused-ring (bicyclic) bond motifs is 1. The summed E-state index contributed by atoms with van der Waals surface area (Å²) in [6, 6.07) is 13.4. The first kappa shape index (κ1) is 13.2. The minimum absolute atomic E-state index is 0.0815. The Bertz CT molecular complexity index is 809. The van der Waals surface area contributed by atoms with Crippen LogP contribution in [0.4, 0.5) is 5.82 Å². The topological polar surface area (TPSA) is 44.9 Å². The van der Waals surface area contributed by atoms with E-state index in [0.29, 0.717) is 11.2 Å². The van der Waals surface area contributed by atoms with Crippen molar-refractivity contribution in [1.82, 2.24) is 4.98 Å². The number of nitrogens with one attached hydrogen (secondary N) is 2. The van der Waals surface area contributed by atoms with Gasteiger partial charge in [-0.05, 0) is 36.6 Å². The minimum atomic E-state index is -0.0815. The van der Waals surface area contributed by atoms with Crippen LogP contribution in [-0.4, -0.2) is 4.98 Å². The molecule has 0 aliphatic heterocycles. The third kappa shape index (κ3) is 2.57. The number of H-pyrrole nitrogens is 1. The van der Waals surface area contributed by atoms with Gasteiger partial charge in [0.15, 0.2) is 0 Å². The van der Waals surface area contributed by atoms with Gasteiger partial charge in [-0.3, -0.25) is 4.79 Å². The lowest BCUT2D eigenvalue weighted by atomic mass is 10.1. The van der Waals surface area contributed by atoms with Gasteiger partial charge in [0.1, 0.15) is 5.82 Å². The highest BCUT2D eigenvalue weighted by molar-refractivity contribution is 7.16. The lowest BCUT2D eigenvalue weighted by Crippen LogP contribution is -2.12. The van der Waals surface area contributed by atoms with Crippen molar-refractivity contribution in [3.8, 4) is 0 Å². The summed E-state index contributed by atoms with van der Waals surface area (Å²) < 4.78 is 0.764. The number of anilines is 1. The Morgan fingerprint density at radius 3 is 2.80 bits per heavy atom. The van der Waals surface area contributed by atoms with Crippen LogP contribution < -0.4 is 10.9 Å². The van der Waals surface area contributed by atoms with Crippen molar-refractivity contribution in [3.63, 3.8) is 0 Å². The van der Waals surface area contributed by atoms with Crippen LogP contribution in [0.15, 0.2) is 47.3 Å². The Balaban J connectivity index is 1.93. The molecule has 0 saturated carbocycles. The highest BCUT2D eigenvalue weighted by Gasteiger charge is 2.09. The normalized spacial score (nSPS) is 12.5. The third-order valence-corrected chi connectivity index (χ3v) is 4.56. The van der Waals surface area contributed by atoms with E-state index < -0.39 is 0 Å². The first-order valence-corrected chi connectivity index (χ1v) is 7.47. The first-order chi connectivity index (χ1) is 9.63. The van der Waals surface area contributed by atoms with E-state index in [1.165, 1.54) is 11.3 Å². The second kappa shape index (κ2) is 5.31. The molecule has 1 aromatic carbocycles. The molecule has 0 saturated heterocycles. The molecule has 2 N–H and O–H groups in total. The van der Waals surface area contributed by atoms with Crippen molar-refractivity contribution < 1.29 is 0 Å². The fourth-order valence-electron chi connectivity index (χ4n) is 2.15. The molecule has 1 unspecified atom stereocenters. The average Bonchev–Trinajstić information content (AvgIpc) is 2.86. The van der Waals surface area contributed by atoms with Crippen molar-refractivity contribution in [2.24, 2.45) is 0 Å². The van der Waals surface area contributed by atoms with Gasteiger partial charge in [-0.15, -0.1) is 11.3 Å². The van der Waals surface area contributed by atoms with Crippen molar-refractivity contribution in [1.29, 1.82) is 0 Å². The average molecular weight is 305 g/mol. The Hall–Kier alpha value is -1.78. The number of pyridine rings is 1. The van der Waals surface area contributed by atoms with Gasteiger partial charge in [-0.25, -0.2) is 0 Å². The molecule has 3 nitrogen and oxygen atoms in total. The molecule has 20 heavy (non-hydrogen) atoms. The number of hydrogen-bond donors (Lipinski definition) is 2. The van der Waals surface area contributed by atoms with Crippen LogP contribution in [0.2, 0.25) is 4.34 Å². The molecule has 1 atom stereocenters. The maximum absolute atomic E-state index is 12.0. The third-order valence-electron chi connectivity index (χ3n) is 3.15. The van der Waals surface area contributed by atoms with E-state index in [4.69, 9.17) is 11.6 Å². The summed E-state index contributed by atoms with van der Waals surface area (Å²) in [4.78, 5) is 16.0. The van der Waals surface area contributed by atoms with Crippen LogP contribution >= 0.6 is 22.9 Å². The highest BCUT2D eigenvalue weighted by atomic mass is 35.5. The van der Waals surface area contributed by atoms with Crippen molar-refractivity contribution in [2.75, 3.05) is 5.32 Å². The second-order valence-electron chi connectivity index (χ2n) is 4.61. The molecule has 0 radical (unpaired) electrons. The molecular weight excluding hydrogens is 292 g/mol. The van der Waals surface area contributed by atoms with Crippen LogP contribution in [0.3, 0.4) is 0 Å². The van der Waals surface area contributed by atoms with E-state index in [0.717, 1.165) is 14.6 Å². The Kier molecular flexibility index (Phi) is 3.51. The molecule has 3 rings (SSSR count). The Morgan fingerprint density at radius 2 is 2.05 bits per heavy atom. The monoisotopic (exact) mass is 304 g/mol. The van der Waals surface area contributed by atoms with Crippen molar-refractivity contribution in [2.45, 2.75) is 13.0 Å². The number of rotatable bonds is 3. The number of benzene rings is 1. The van der Waals surface area contributed by atoms with Crippen LogP contribution in [0, 0.1) is 0 Å². The molecule has 5 heteroatoms. The van der Waals surface area contributed by atoms with Crippen LogP contribution in [0.5, 0.6) is 0 Å². The van der Waals surface area contributed by atoms with Crippen molar-refractivity contribution >= 4 is 39.5 Å². The smallest absolute Gasteiger partial charge is 0.257 e. The standard InChI is InChI=1S/C15H13ClN2OS/c1-9(12-6-7-13(16)20-12)17-14-8-10-4-2-3-5-11(10)15(19)18-14/h2-9H,1H3,(H2,17,18,19). The molecule has 3 aromatic rings. The minimum Gasteiger partial charge on any atom is -0.364 e. The van der Waals surface area contributed by atoms with Crippen LogP contribution in [0.25, 0.3) is 10.8 Å². The lowest BCUT2D eigenvalue weighted by molar-refractivity contribution is 0.895. The summed E-state index contributed by atoms with van der Waals surface area (Å²) in [5.41, 5.74) is -0.0815. The summed E-state index contributed by atoms with van der Waals surface area (Å²) in [5.74, 6) is 0.714. The zero-order valence-electron chi connectivity index (χ0n) is 10.8. The molecule has 0 aliphatic rings. The molecule has 0 bridgehead atoms. The molecule has 0 aliphatic carbocycles. The fourth-order valence-corrected chi connectivity index (χ4v) is 3.22. The first-order valence-electron chi connectivity index (χ1n) is 6.27. The number of aromatic nitrogens is 1. The zero-order valence-corrected chi connectivity index (χ0v) is 12.4. The Morgan fingerprint density at radius 1 is 1.25 bits per heavy atom. The largest absolute Gasteiger partial charge is 0.364 e. The molecule has 102 valence electrons. The van der Waals surface area contributed by atoms with E-state index in [1.54, 1.807) is 0 Å². The summed E-state index contributed by atoms with van der Waals surface area (Å²) >= 11 is 7.48. The van der Waals surface area contributed by atoms with E-state index >= 15 is 0 Å². The predicted octanol–water partition coefficient (Wildman–Crippen LogP) is 4.42. The quantitative estimate of drug-likeness (QED) is 0.752. The predicted molar refractivity (Wildman–Crippen MR) is 85.9 cm³/mol. The van der Waals surface area contributed by atoms with Gasteiger partial charge in [-0.2, -0.15) is 0 Å². The van der Waals surface area contributed by atoms with Gasteiger partial charge in [-0.1, -0.05) is 29.8 Å². The van der Waals surface area contributed by atoms with Gasteiger partial charge < -0.3 is 10.3 Å². The second-order valence-corrected chi connectivity index (χ2v) is 6.35. The van der Waals surface area contributed by atoms with Crippen molar-refractivity contribution in [3.05, 3.63) is 62.0 Å². The van der Waals surface area contributed by atoms with Crippen LogP contribution in [-0.2, 0) is 0 Å². The van der Waals surface area contributed by atoms with E-state index in [2.05, 4.69) is 10.3 Å². The van der Waals surface area contributed by atoms with Gasteiger partial charge in [0.25, 0.3) is 5.56 Å². The van der Waals surface area contributed by atoms with E-state index in [9.17, 15) is 4.79 Å². The van der Waals surface area contributed by atoms with Gasteiger partial charge in [0, 0.05) is 10.3 Å². The van der Waals surface area contributed by atoms with Crippen LogP contribution in [0.1, 0.15) is 17.8 Å². The SMILES string of the molecule is CC(Nc1cc2ccccc2c(=O)[nH]1)c1ccc(Cl)s1. The summed E-state index contributed by atoms with van der Waals surface area (Å²) in [6.45, 7) is 2.04. The molecule has 0 fully saturated rings. The molecule has 0 amide bonds. The maximum atomic E-state index is 12.0. The summed E-state index contributed by atoms with van der Waals surface area (Å²) in [6.07, 6.45) is 0. The molecule has 2 heterocycles. The molecule has 2 aromatic heterocycles. The van der Waals surface area contributed by atoms with E-state index in [-0.39, 0.29) is 11.6 Å². The number of hydrogen-bond acceptors (Lipinski definition) is 3. The Labute approximate surface area is 125 Å². The molecular formula is C15H13ClN2OS. The number of aromatic amines is 1. The maximum Gasteiger partial charge on any atom is 0.257 e. The fraction of sp³-hybridized carbons (Fsp3) is 0.133. The molecule has 0 spiro atoms. The van der Waals surface area contributed by atoms with E-state index in [1.807, 2.05) is 49.4 Å². The van der Waals surface area contributed by atoms with Gasteiger partial charge in [0.2, 0.25) is 0 Å². The summed E-state index contributed by atoms with van der Waals surface area (Å²) in [5, 5.41) is 4.93.